The van der Waals surface area contributed by atoms with E-state index in [1.165, 1.54) is 0 Å². The van der Waals surface area contributed by atoms with Crippen LogP contribution in [0.2, 0.25) is 0 Å². The molecule has 200 valence electrons. The molecule has 1 N–H and O–H groups in total. The third-order valence-corrected chi connectivity index (χ3v) is 9.41. The van der Waals surface area contributed by atoms with Gasteiger partial charge in [-0.05, 0) is 76.3 Å². The molecule has 6 nitrogen and oxygen atoms in total. The van der Waals surface area contributed by atoms with Gasteiger partial charge in [-0.3, -0.25) is 9.59 Å². The molecule has 0 aliphatic carbocycles. The number of carbonyl (C=O) groups is 3. The van der Waals surface area contributed by atoms with Gasteiger partial charge >= 0.3 is 5.97 Å². The Bertz CT molecular complexity index is 820. The average Bonchev–Trinajstić information content (AvgIpc) is 2.73. The first-order chi connectivity index (χ1) is 15.9. The van der Waals surface area contributed by atoms with Gasteiger partial charge in [-0.1, -0.05) is 51.5 Å². The number of rotatable bonds is 12. The van der Waals surface area contributed by atoms with E-state index in [0.717, 1.165) is 5.03 Å². The van der Waals surface area contributed by atoms with E-state index in [1.54, 1.807) is 34.7 Å². The fourth-order valence-corrected chi connectivity index (χ4v) is 5.55. The number of pyridine rings is 1. The smallest absolute Gasteiger partial charge is 0.312 e. The molecule has 0 saturated carbocycles. The molecule has 1 aromatic rings. The second-order valence-corrected chi connectivity index (χ2v) is 14.2. The lowest BCUT2D eigenvalue weighted by Gasteiger charge is -2.50. The number of ketones is 1. The molecule has 0 spiro atoms. The van der Waals surface area contributed by atoms with E-state index in [2.05, 4.69) is 58.8 Å². The zero-order valence-corrected chi connectivity index (χ0v) is 25.2. The quantitative estimate of drug-likeness (QED) is 0.191. The van der Waals surface area contributed by atoms with Crippen molar-refractivity contribution in [2.45, 2.75) is 98.7 Å². The summed E-state index contributed by atoms with van der Waals surface area (Å²) < 4.78 is 5.78. The van der Waals surface area contributed by atoms with Gasteiger partial charge < -0.3 is 14.8 Å². The largest absolute Gasteiger partial charge is 0.464 e. The van der Waals surface area contributed by atoms with Crippen molar-refractivity contribution in [3.8, 4) is 0 Å². The van der Waals surface area contributed by atoms with E-state index in [9.17, 15) is 9.59 Å². The van der Waals surface area contributed by atoms with Crippen molar-refractivity contribution in [2.24, 2.45) is 16.2 Å². The Morgan fingerprint density at radius 2 is 1.57 bits per heavy atom. The number of Topliss-reactive ketones (excluding diaryl/α,β-unsaturated/α-hetero) is 1. The molecular formula is C27H46N2O4S2. The predicted octanol–water partition coefficient (Wildman–Crippen LogP) is 6.38. The fraction of sp³-hybridized carbons (Fsp3) is 0.704. The molecule has 0 radical (unpaired) electrons. The Hall–Kier alpha value is -1.38. The van der Waals surface area contributed by atoms with Gasteiger partial charge in [0.25, 0.3) is 0 Å². The number of nitrogens with zero attached hydrogens (tertiary/aromatic N) is 1. The number of esters is 1. The van der Waals surface area contributed by atoms with E-state index < -0.39 is 21.9 Å². The van der Waals surface area contributed by atoms with Crippen LogP contribution in [0, 0.1) is 16.2 Å². The van der Waals surface area contributed by atoms with E-state index in [-0.39, 0.29) is 17.2 Å². The van der Waals surface area contributed by atoms with Crippen LogP contribution in [0.4, 0.5) is 0 Å². The highest BCUT2D eigenvalue weighted by Crippen LogP contribution is 2.46. The minimum Gasteiger partial charge on any atom is -0.464 e. The molecule has 1 aromatic heterocycles. The van der Waals surface area contributed by atoms with Crippen LogP contribution in [0.1, 0.15) is 82.6 Å². The monoisotopic (exact) mass is 526 g/mol. The van der Waals surface area contributed by atoms with E-state index in [1.807, 2.05) is 45.8 Å². The lowest BCUT2D eigenvalue weighted by Crippen LogP contribution is -2.63. The van der Waals surface area contributed by atoms with E-state index in [4.69, 9.17) is 9.53 Å². The Morgan fingerprint density at radius 3 is 2.03 bits per heavy atom. The molecular weight excluding hydrogens is 480 g/mol. The van der Waals surface area contributed by atoms with Gasteiger partial charge in [0.05, 0.1) is 5.41 Å². The molecule has 1 unspecified atom stereocenters. The molecule has 0 fully saturated rings. The summed E-state index contributed by atoms with van der Waals surface area (Å²) >= 11 is 0. The van der Waals surface area contributed by atoms with Crippen LogP contribution in [0.3, 0.4) is 0 Å². The summed E-state index contributed by atoms with van der Waals surface area (Å²) in [5.74, 6) is 0.640. The Morgan fingerprint density at radius 1 is 1.00 bits per heavy atom. The zero-order chi connectivity index (χ0) is 27.7. The maximum Gasteiger partial charge on any atom is 0.312 e. The highest BCUT2D eigenvalue weighted by Gasteiger charge is 2.51. The van der Waals surface area contributed by atoms with Crippen LogP contribution in [0.15, 0.2) is 29.4 Å². The van der Waals surface area contributed by atoms with Crippen molar-refractivity contribution >= 4 is 40.1 Å². The first kappa shape index (κ1) is 33.6. The van der Waals surface area contributed by atoms with Crippen molar-refractivity contribution in [2.75, 3.05) is 12.4 Å². The lowest BCUT2D eigenvalue weighted by atomic mass is 9.62. The van der Waals surface area contributed by atoms with Crippen LogP contribution in [-0.2, 0) is 19.1 Å². The summed E-state index contributed by atoms with van der Waals surface area (Å²) in [6, 6.07) is 5.81. The Labute approximate surface area is 220 Å². The summed E-state index contributed by atoms with van der Waals surface area (Å²) in [6.07, 6.45) is 2.35. The highest BCUT2D eigenvalue weighted by atomic mass is 33.1. The number of carbonyl (C=O) groups excluding carboxylic acids is 3. The number of hydrogen-bond donors (Lipinski definition) is 1. The third kappa shape index (κ3) is 9.54. The molecule has 1 rings (SSSR count). The SMILES string of the molecule is C=O.CC(=O)C(C)(C)C(C)(C)NC(C)(C)CC(C)(C(=O)OCCSSc1ccccn1)C(C)(C)C. The minimum absolute atomic E-state index is 0.134. The van der Waals surface area contributed by atoms with Gasteiger partial charge in [0.15, 0.2) is 0 Å². The summed E-state index contributed by atoms with van der Waals surface area (Å²) in [5, 5.41) is 4.63. The zero-order valence-electron chi connectivity index (χ0n) is 23.5. The summed E-state index contributed by atoms with van der Waals surface area (Å²) in [4.78, 5) is 37.9. The van der Waals surface area contributed by atoms with Crippen LogP contribution in [-0.4, -0.2) is 47.0 Å². The van der Waals surface area contributed by atoms with Crippen molar-refractivity contribution in [1.29, 1.82) is 0 Å². The summed E-state index contributed by atoms with van der Waals surface area (Å²) in [5.41, 5.74) is -2.42. The molecule has 35 heavy (non-hydrogen) atoms. The molecule has 0 amide bonds. The standard InChI is InChI=1S/C26H44N2O3S2.CH2O/c1-19(29)24(7,8)25(9,10)28-23(5,6)18-26(11,22(2,3)4)21(30)31-16-17-32-33-20-14-12-13-15-27-20;1-2/h12-15,28H,16-18H2,1-11H3;1H2. The van der Waals surface area contributed by atoms with Crippen molar-refractivity contribution in [3.63, 3.8) is 0 Å². The van der Waals surface area contributed by atoms with Crippen molar-refractivity contribution in [1.82, 2.24) is 10.3 Å². The topological polar surface area (TPSA) is 85.4 Å². The average molecular weight is 527 g/mol. The predicted molar refractivity (Wildman–Crippen MR) is 149 cm³/mol. The van der Waals surface area contributed by atoms with Gasteiger partial charge in [-0.15, -0.1) is 0 Å². The normalized spacial score (nSPS) is 14.4. The van der Waals surface area contributed by atoms with E-state index in [0.29, 0.717) is 18.8 Å². The number of nitrogens with one attached hydrogen (secondary N) is 1. The van der Waals surface area contributed by atoms with Crippen LogP contribution >= 0.6 is 21.6 Å². The maximum atomic E-state index is 13.4. The molecule has 0 aliphatic rings. The molecule has 1 atom stereocenters. The molecule has 0 aromatic carbocycles. The minimum atomic E-state index is -0.710. The Kier molecular flexibility index (Phi) is 12.7. The molecule has 0 aliphatic heterocycles. The second kappa shape index (κ2) is 13.2. The number of ether oxygens (including phenoxy) is 1. The molecule has 1 heterocycles. The highest BCUT2D eigenvalue weighted by molar-refractivity contribution is 8.76. The van der Waals surface area contributed by atoms with Crippen molar-refractivity contribution in [3.05, 3.63) is 24.4 Å². The second-order valence-electron chi connectivity index (χ2n) is 11.8. The van der Waals surface area contributed by atoms with Gasteiger partial charge in [0.1, 0.15) is 24.2 Å². The maximum absolute atomic E-state index is 13.4. The molecule has 0 bridgehead atoms. The first-order valence-electron chi connectivity index (χ1n) is 11.8. The van der Waals surface area contributed by atoms with Crippen molar-refractivity contribution < 1.29 is 19.1 Å². The number of aromatic nitrogens is 1. The number of hydrogen-bond acceptors (Lipinski definition) is 8. The Balaban J connectivity index is 0.00000562. The van der Waals surface area contributed by atoms with Crippen LogP contribution in [0.5, 0.6) is 0 Å². The fourth-order valence-electron chi connectivity index (χ4n) is 3.84. The molecule has 8 heteroatoms. The van der Waals surface area contributed by atoms with Gasteiger partial charge in [-0.25, -0.2) is 4.98 Å². The van der Waals surface area contributed by atoms with Gasteiger partial charge in [-0.2, -0.15) is 0 Å². The lowest BCUT2D eigenvalue weighted by molar-refractivity contribution is -0.164. The van der Waals surface area contributed by atoms with Crippen LogP contribution in [0.25, 0.3) is 0 Å². The van der Waals surface area contributed by atoms with Crippen LogP contribution < -0.4 is 5.32 Å². The summed E-state index contributed by atoms with van der Waals surface area (Å²) in [6.45, 7) is 24.5. The van der Waals surface area contributed by atoms with E-state index >= 15 is 0 Å². The summed E-state index contributed by atoms with van der Waals surface area (Å²) in [7, 11) is 3.21. The molecule has 0 saturated heterocycles. The first-order valence-corrected chi connectivity index (χ1v) is 14.1. The third-order valence-electron chi connectivity index (χ3n) is 7.18. The van der Waals surface area contributed by atoms with Gasteiger partial charge in [0.2, 0.25) is 0 Å². The van der Waals surface area contributed by atoms with Gasteiger partial charge in [0, 0.05) is 28.4 Å².